The molecule has 0 spiro atoms. The third-order valence-electron chi connectivity index (χ3n) is 4.41. The summed E-state index contributed by atoms with van der Waals surface area (Å²) in [7, 11) is 3.44. The predicted octanol–water partition coefficient (Wildman–Crippen LogP) is 4.50. The Kier molecular flexibility index (Phi) is 10.6. The van der Waals surface area contributed by atoms with Crippen LogP contribution in [-0.4, -0.2) is 36.8 Å². The Balaban J connectivity index is 0.00000320. The van der Waals surface area contributed by atoms with E-state index in [0.29, 0.717) is 11.7 Å². The van der Waals surface area contributed by atoms with Gasteiger partial charge in [0.05, 0.1) is 13.7 Å². The molecule has 0 unspecified atom stereocenters. The van der Waals surface area contributed by atoms with E-state index < -0.39 is 0 Å². The SMILES string of the molecule is CN=C(NCCCCCc1nc(-c2ccc(OC)cc2)no1)NCc1cccs1.I. The molecule has 0 saturated heterocycles. The lowest BCUT2D eigenvalue weighted by Gasteiger charge is -2.10. The minimum atomic E-state index is 0. The number of benzene rings is 1. The second-order valence-electron chi connectivity index (χ2n) is 6.48. The molecule has 30 heavy (non-hydrogen) atoms. The Morgan fingerprint density at radius 3 is 2.67 bits per heavy atom. The van der Waals surface area contributed by atoms with Crippen LogP contribution in [0, 0.1) is 0 Å². The highest BCUT2D eigenvalue weighted by molar-refractivity contribution is 14.0. The monoisotopic (exact) mass is 541 g/mol. The maximum atomic E-state index is 5.37. The van der Waals surface area contributed by atoms with Crippen molar-refractivity contribution in [3.8, 4) is 17.1 Å². The minimum Gasteiger partial charge on any atom is -0.497 e. The molecule has 0 atom stereocenters. The first-order valence-electron chi connectivity index (χ1n) is 9.72. The minimum absolute atomic E-state index is 0. The van der Waals surface area contributed by atoms with Crippen LogP contribution in [0.2, 0.25) is 0 Å². The summed E-state index contributed by atoms with van der Waals surface area (Å²) >= 11 is 1.74. The van der Waals surface area contributed by atoms with Crippen LogP contribution >= 0.6 is 35.3 Å². The van der Waals surface area contributed by atoms with E-state index in [9.17, 15) is 0 Å². The zero-order valence-corrected chi connectivity index (χ0v) is 20.4. The largest absolute Gasteiger partial charge is 0.497 e. The van der Waals surface area contributed by atoms with Crippen molar-refractivity contribution >= 4 is 41.3 Å². The van der Waals surface area contributed by atoms with Crippen LogP contribution in [0.1, 0.15) is 30.0 Å². The van der Waals surface area contributed by atoms with Gasteiger partial charge in [-0.05, 0) is 48.6 Å². The summed E-state index contributed by atoms with van der Waals surface area (Å²) in [5, 5.41) is 12.8. The Bertz CT molecular complexity index is 881. The van der Waals surface area contributed by atoms with Crippen molar-refractivity contribution in [2.45, 2.75) is 32.2 Å². The number of unbranched alkanes of at least 4 members (excludes halogenated alkanes) is 2. The van der Waals surface area contributed by atoms with Gasteiger partial charge in [0.15, 0.2) is 5.96 Å². The third kappa shape index (κ3) is 7.60. The molecule has 2 heterocycles. The van der Waals surface area contributed by atoms with Crippen molar-refractivity contribution in [3.63, 3.8) is 0 Å². The van der Waals surface area contributed by atoms with E-state index >= 15 is 0 Å². The number of rotatable bonds is 10. The zero-order valence-electron chi connectivity index (χ0n) is 17.3. The fourth-order valence-electron chi connectivity index (χ4n) is 2.80. The first kappa shape index (κ1) is 24.1. The van der Waals surface area contributed by atoms with Gasteiger partial charge in [0.2, 0.25) is 11.7 Å². The van der Waals surface area contributed by atoms with E-state index in [4.69, 9.17) is 9.26 Å². The smallest absolute Gasteiger partial charge is 0.226 e. The number of ether oxygens (including phenoxy) is 1. The van der Waals surface area contributed by atoms with E-state index in [-0.39, 0.29) is 24.0 Å². The van der Waals surface area contributed by atoms with E-state index in [0.717, 1.165) is 56.0 Å². The fourth-order valence-corrected chi connectivity index (χ4v) is 3.45. The number of aliphatic imine (C=N–C) groups is 1. The van der Waals surface area contributed by atoms with Gasteiger partial charge in [-0.3, -0.25) is 4.99 Å². The lowest BCUT2D eigenvalue weighted by atomic mass is 10.2. The highest BCUT2D eigenvalue weighted by Gasteiger charge is 2.08. The molecule has 0 saturated carbocycles. The summed E-state index contributed by atoms with van der Waals surface area (Å²) in [4.78, 5) is 10.0. The Labute approximate surface area is 198 Å². The molecule has 0 bridgehead atoms. The van der Waals surface area contributed by atoms with Crippen LogP contribution in [0.25, 0.3) is 11.4 Å². The number of aryl methyl sites for hydroxylation is 1. The first-order valence-corrected chi connectivity index (χ1v) is 10.6. The fraction of sp³-hybridized carbons (Fsp3) is 0.381. The van der Waals surface area contributed by atoms with Crippen molar-refractivity contribution in [3.05, 3.63) is 52.5 Å². The van der Waals surface area contributed by atoms with Crippen molar-refractivity contribution in [2.24, 2.45) is 4.99 Å². The number of halogens is 1. The van der Waals surface area contributed by atoms with Crippen molar-refractivity contribution < 1.29 is 9.26 Å². The van der Waals surface area contributed by atoms with E-state index in [1.165, 1.54) is 4.88 Å². The molecule has 7 nitrogen and oxygen atoms in total. The molecule has 0 amide bonds. The van der Waals surface area contributed by atoms with Crippen LogP contribution in [-0.2, 0) is 13.0 Å². The van der Waals surface area contributed by atoms with Gasteiger partial charge in [-0.2, -0.15) is 4.98 Å². The van der Waals surface area contributed by atoms with E-state index in [2.05, 4.69) is 43.3 Å². The molecular formula is C21H28IN5O2S. The van der Waals surface area contributed by atoms with Gasteiger partial charge in [-0.1, -0.05) is 17.6 Å². The molecule has 0 fully saturated rings. The van der Waals surface area contributed by atoms with E-state index in [1.54, 1.807) is 25.5 Å². The van der Waals surface area contributed by atoms with Crippen molar-refractivity contribution in [2.75, 3.05) is 20.7 Å². The van der Waals surface area contributed by atoms with Crippen LogP contribution in [0.5, 0.6) is 5.75 Å². The summed E-state index contributed by atoms with van der Waals surface area (Å²) in [6, 6.07) is 11.8. The molecule has 1 aromatic carbocycles. The molecule has 0 radical (unpaired) electrons. The van der Waals surface area contributed by atoms with Crippen LogP contribution in [0.3, 0.4) is 0 Å². The maximum Gasteiger partial charge on any atom is 0.226 e. The van der Waals surface area contributed by atoms with Gasteiger partial charge in [-0.15, -0.1) is 35.3 Å². The molecule has 0 aliphatic carbocycles. The number of hydrogen-bond donors (Lipinski definition) is 2. The van der Waals surface area contributed by atoms with Gasteiger partial charge in [0.25, 0.3) is 0 Å². The van der Waals surface area contributed by atoms with Gasteiger partial charge in [-0.25, -0.2) is 0 Å². The average Bonchev–Trinajstić information content (AvgIpc) is 3.45. The number of thiophene rings is 1. The zero-order chi connectivity index (χ0) is 20.3. The van der Waals surface area contributed by atoms with Gasteiger partial charge in [0, 0.05) is 30.5 Å². The van der Waals surface area contributed by atoms with Crippen LogP contribution in [0.4, 0.5) is 0 Å². The summed E-state index contributed by atoms with van der Waals surface area (Å²) in [5.41, 5.74) is 0.923. The predicted molar refractivity (Wildman–Crippen MR) is 132 cm³/mol. The average molecular weight is 541 g/mol. The van der Waals surface area contributed by atoms with Crippen molar-refractivity contribution in [1.29, 1.82) is 0 Å². The Morgan fingerprint density at radius 1 is 1.13 bits per heavy atom. The number of nitrogens with zero attached hydrogens (tertiary/aromatic N) is 3. The topological polar surface area (TPSA) is 84.6 Å². The normalized spacial score (nSPS) is 11.1. The maximum absolute atomic E-state index is 5.37. The molecule has 3 rings (SSSR count). The standard InChI is InChI=1S/C21H27N5O2S.HI/c1-22-21(24-15-18-7-6-14-29-18)23-13-5-3-4-8-19-25-20(26-28-19)16-9-11-17(27-2)12-10-16;/h6-7,9-12,14H,3-5,8,13,15H2,1-2H3,(H2,22,23,24);1H. The molecule has 9 heteroatoms. The first-order chi connectivity index (χ1) is 14.3. The summed E-state index contributed by atoms with van der Waals surface area (Å²) in [6.45, 7) is 1.68. The molecule has 0 aliphatic heterocycles. The third-order valence-corrected chi connectivity index (χ3v) is 5.29. The second-order valence-corrected chi connectivity index (χ2v) is 7.52. The Morgan fingerprint density at radius 2 is 1.97 bits per heavy atom. The second kappa shape index (κ2) is 13.2. The van der Waals surface area contributed by atoms with Gasteiger partial charge >= 0.3 is 0 Å². The summed E-state index contributed by atoms with van der Waals surface area (Å²) in [5.74, 6) is 2.94. The molecule has 2 N–H and O–H groups in total. The number of guanidine groups is 1. The summed E-state index contributed by atoms with van der Waals surface area (Å²) in [6.07, 6.45) is 3.93. The van der Waals surface area contributed by atoms with Crippen LogP contribution in [0.15, 0.2) is 51.3 Å². The Hall–Kier alpha value is -2.14. The number of aromatic nitrogens is 2. The molecular weight excluding hydrogens is 513 g/mol. The molecule has 162 valence electrons. The highest BCUT2D eigenvalue weighted by atomic mass is 127. The quantitative estimate of drug-likeness (QED) is 0.170. The van der Waals surface area contributed by atoms with Crippen molar-refractivity contribution in [1.82, 2.24) is 20.8 Å². The molecule has 0 aliphatic rings. The highest BCUT2D eigenvalue weighted by Crippen LogP contribution is 2.20. The number of methoxy groups -OCH3 is 1. The summed E-state index contributed by atoms with van der Waals surface area (Å²) < 4.78 is 10.5. The molecule has 2 aromatic heterocycles. The van der Waals surface area contributed by atoms with E-state index in [1.807, 2.05) is 24.3 Å². The number of hydrogen-bond acceptors (Lipinski definition) is 6. The van der Waals surface area contributed by atoms with Crippen LogP contribution < -0.4 is 15.4 Å². The lowest BCUT2D eigenvalue weighted by Crippen LogP contribution is -2.37. The lowest BCUT2D eigenvalue weighted by molar-refractivity contribution is 0.374. The van der Waals surface area contributed by atoms with Gasteiger partial charge < -0.3 is 19.9 Å². The number of nitrogens with one attached hydrogen (secondary N) is 2. The molecule has 3 aromatic rings. The van der Waals surface area contributed by atoms with Gasteiger partial charge in [0.1, 0.15) is 5.75 Å².